The molecule has 1 fully saturated rings. The van der Waals surface area contributed by atoms with Crippen molar-refractivity contribution in [3.05, 3.63) is 23.8 Å². The molecule has 1 aliphatic heterocycles. The summed E-state index contributed by atoms with van der Waals surface area (Å²) in [6, 6.07) is 5.08. The maximum Gasteiger partial charge on any atom is 0.258 e. The van der Waals surface area contributed by atoms with E-state index in [0.29, 0.717) is 17.9 Å². The fourth-order valence-corrected chi connectivity index (χ4v) is 2.16. The summed E-state index contributed by atoms with van der Waals surface area (Å²) in [5.41, 5.74) is 0.295. The van der Waals surface area contributed by atoms with Gasteiger partial charge in [-0.25, -0.2) is 0 Å². The van der Waals surface area contributed by atoms with Gasteiger partial charge in [-0.2, -0.15) is 0 Å². The normalized spacial score (nSPS) is 19.7. The Morgan fingerprint density at radius 2 is 2.33 bits per heavy atom. The molecule has 0 radical (unpaired) electrons. The first-order chi connectivity index (χ1) is 8.65. The second-order valence-corrected chi connectivity index (χ2v) is 4.41. The van der Waals surface area contributed by atoms with E-state index >= 15 is 0 Å². The number of aromatic hydroxyl groups is 1. The number of phenols is 1. The lowest BCUT2D eigenvalue weighted by Crippen LogP contribution is -2.52. The molecule has 2 rings (SSSR count). The first-order valence-corrected chi connectivity index (χ1v) is 6.02. The molecular weight excluding hydrogens is 232 g/mol. The van der Waals surface area contributed by atoms with Crippen molar-refractivity contribution >= 4 is 5.91 Å². The fourth-order valence-electron chi connectivity index (χ4n) is 2.16. The molecule has 1 heterocycles. The van der Waals surface area contributed by atoms with Crippen molar-refractivity contribution in [2.75, 3.05) is 26.7 Å². The molecule has 5 nitrogen and oxygen atoms in total. The van der Waals surface area contributed by atoms with Gasteiger partial charge in [0.2, 0.25) is 0 Å². The number of nitrogens with zero attached hydrogens (tertiary/aromatic N) is 1. The Morgan fingerprint density at radius 3 is 3.00 bits per heavy atom. The molecule has 1 aromatic carbocycles. The number of carbonyl (C=O) groups is 1. The number of phenolic OH excluding ortho intramolecular Hbond substituents is 1. The quantitative estimate of drug-likeness (QED) is 0.816. The van der Waals surface area contributed by atoms with Crippen LogP contribution < -0.4 is 10.1 Å². The van der Waals surface area contributed by atoms with E-state index in [2.05, 4.69) is 5.32 Å². The van der Waals surface area contributed by atoms with Crippen LogP contribution >= 0.6 is 0 Å². The molecule has 0 bridgehead atoms. The van der Waals surface area contributed by atoms with Crippen LogP contribution in [0.1, 0.15) is 17.3 Å². The van der Waals surface area contributed by atoms with E-state index in [4.69, 9.17) is 4.74 Å². The van der Waals surface area contributed by atoms with E-state index in [1.165, 1.54) is 7.11 Å². The summed E-state index contributed by atoms with van der Waals surface area (Å²) in [5, 5.41) is 13.2. The maximum atomic E-state index is 12.4. The van der Waals surface area contributed by atoms with Gasteiger partial charge in [-0.3, -0.25) is 4.79 Å². The van der Waals surface area contributed by atoms with Crippen LogP contribution in [0.5, 0.6) is 11.5 Å². The van der Waals surface area contributed by atoms with Crippen molar-refractivity contribution in [1.82, 2.24) is 10.2 Å². The number of ether oxygens (including phenoxy) is 1. The van der Waals surface area contributed by atoms with Gasteiger partial charge >= 0.3 is 0 Å². The van der Waals surface area contributed by atoms with Crippen LogP contribution in [0.15, 0.2) is 18.2 Å². The predicted octanol–water partition coefficient (Wildman–Crippen LogP) is 0.835. The Balaban J connectivity index is 2.28. The molecule has 2 N–H and O–H groups in total. The SMILES string of the molecule is COc1cccc(C(=O)N2CCNC[C@@H]2C)c1O. The van der Waals surface area contributed by atoms with Crippen LogP contribution in [0, 0.1) is 0 Å². The molecule has 0 unspecified atom stereocenters. The summed E-state index contributed by atoms with van der Waals surface area (Å²) in [7, 11) is 1.47. The Hall–Kier alpha value is -1.75. The molecular formula is C13H18N2O3. The summed E-state index contributed by atoms with van der Waals surface area (Å²) < 4.78 is 5.02. The zero-order chi connectivity index (χ0) is 13.1. The average Bonchev–Trinajstić information content (AvgIpc) is 2.39. The number of rotatable bonds is 2. The van der Waals surface area contributed by atoms with E-state index in [1.54, 1.807) is 23.1 Å². The molecule has 0 saturated carbocycles. The fraction of sp³-hybridized carbons (Fsp3) is 0.462. The Labute approximate surface area is 106 Å². The highest BCUT2D eigenvalue weighted by Crippen LogP contribution is 2.30. The third kappa shape index (κ3) is 2.26. The van der Waals surface area contributed by atoms with E-state index < -0.39 is 0 Å². The van der Waals surface area contributed by atoms with Gasteiger partial charge in [0.05, 0.1) is 12.7 Å². The van der Waals surface area contributed by atoms with Gasteiger partial charge in [0.25, 0.3) is 5.91 Å². The summed E-state index contributed by atoms with van der Waals surface area (Å²) in [6.45, 7) is 4.19. The van der Waals surface area contributed by atoms with Gasteiger partial charge in [0, 0.05) is 25.7 Å². The molecule has 1 aliphatic rings. The van der Waals surface area contributed by atoms with Crippen LogP contribution in [-0.4, -0.2) is 48.7 Å². The molecule has 1 aromatic rings. The molecule has 1 saturated heterocycles. The molecule has 1 amide bonds. The number of amides is 1. The van der Waals surface area contributed by atoms with Crippen molar-refractivity contribution in [1.29, 1.82) is 0 Å². The standard InChI is InChI=1S/C13H18N2O3/c1-9-8-14-6-7-15(9)13(17)10-4-3-5-11(18-2)12(10)16/h3-5,9,14,16H,6-8H2,1-2H3/t9-/m0/s1. The van der Waals surface area contributed by atoms with E-state index in [0.717, 1.165) is 13.1 Å². The predicted molar refractivity (Wildman–Crippen MR) is 68.0 cm³/mol. The van der Waals surface area contributed by atoms with E-state index in [9.17, 15) is 9.90 Å². The van der Waals surface area contributed by atoms with Crippen molar-refractivity contribution in [2.45, 2.75) is 13.0 Å². The molecule has 1 atom stereocenters. The molecule has 98 valence electrons. The monoisotopic (exact) mass is 250 g/mol. The van der Waals surface area contributed by atoms with Crippen molar-refractivity contribution in [2.24, 2.45) is 0 Å². The number of piperazine rings is 1. The molecule has 5 heteroatoms. The highest BCUT2D eigenvalue weighted by Gasteiger charge is 2.26. The second-order valence-electron chi connectivity index (χ2n) is 4.41. The topological polar surface area (TPSA) is 61.8 Å². The molecule has 18 heavy (non-hydrogen) atoms. The van der Waals surface area contributed by atoms with E-state index in [1.807, 2.05) is 6.92 Å². The number of benzene rings is 1. The van der Waals surface area contributed by atoms with Gasteiger partial charge in [-0.05, 0) is 19.1 Å². The minimum Gasteiger partial charge on any atom is -0.504 e. The molecule has 0 aromatic heterocycles. The lowest BCUT2D eigenvalue weighted by Gasteiger charge is -2.34. The van der Waals surface area contributed by atoms with Gasteiger partial charge in [-0.1, -0.05) is 6.07 Å². The van der Waals surface area contributed by atoms with Crippen LogP contribution in [0.2, 0.25) is 0 Å². The van der Waals surface area contributed by atoms with Gasteiger partial charge in [0.15, 0.2) is 11.5 Å². The smallest absolute Gasteiger partial charge is 0.258 e. The van der Waals surface area contributed by atoms with Crippen LogP contribution in [0.3, 0.4) is 0 Å². The number of hydrogen-bond donors (Lipinski definition) is 2. The highest BCUT2D eigenvalue weighted by molar-refractivity contribution is 5.97. The number of para-hydroxylation sites is 1. The van der Waals surface area contributed by atoms with Crippen molar-refractivity contribution in [3.8, 4) is 11.5 Å². The summed E-state index contributed by atoms with van der Waals surface area (Å²) in [5.74, 6) is 0.0831. The summed E-state index contributed by atoms with van der Waals surface area (Å²) >= 11 is 0. The Morgan fingerprint density at radius 1 is 1.56 bits per heavy atom. The maximum absolute atomic E-state index is 12.4. The number of hydrogen-bond acceptors (Lipinski definition) is 4. The second kappa shape index (κ2) is 5.27. The van der Waals surface area contributed by atoms with Crippen LogP contribution in [-0.2, 0) is 0 Å². The van der Waals surface area contributed by atoms with Crippen LogP contribution in [0.4, 0.5) is 0 Å². The Kier molecular flexibility index (Phi) is 3.72. The third-order valence-corrected chi connectivity index (χ3v) is 3.21. The number of carbonyl (C=O) groups excluding carboxylic acids is 1. The summed E-state index contributed by atoms with van der Waals surface area (Å²) in [6.07, 6.45) is 0. The lowest BCUT2D eigenvalue weighted by molar-refractivity contribution is 0.0652. The largest absolute Gasteiger partial charge is 0.504 e. The number of methoxy groups -OCH3 is 1. The highest BCUT2D eigenvalue weighted by atomic mass is 16.5. The number of nitrogens with one attached hydrogen (secondary N) is 1. The van der Waals surface area contributed by atoms with Crippen molar-refractivity contribution in [3.63, 3.8) is 0 Å². The minimum atomic E-state index is -0.152. The molecule has 0 aliphatic carbocycles. The van der Waals surface area contributed by atoms with Gasteiger partial charge in [-0.15, -0.1) is 0 Å². The third-order valence-electron chi connectivity index (χ3n) is 3.21. The molecule has 0 spiro atoms. The zero-order valence-corrected chi connectivity index (χ0v) is 10.6. The first-order valence-electron chi connectivity index (χ1n) is 6.02. The summed E-state index contributed by atoms with van der Waals surface area (Å²) in [4.78, 5) is 14.2. The van der Waals surface area contributed by atoms with Crippen LogP contribution in [0.25, 0.3) is 0 Å². The minimum absolute atomic E-state index is 0.0873. The average molecular weight is 250 g/mol. The lowest BCUT2D eigenvalue weighted by atomic mass is 10.1. The van der Waals surface area contributed by atoms with Gasteiger partial charge < -0.3 is 20.1 Å². The van der Waals surface area contributed by atoms with E-state index in [-0.39, 0.29) is 17.7 Å². The first kappa shape index (κ1) is 12.7. The Bertz CT molecular complexity index is 448. The van der Waals surface area contributed by atoms with Crippen molar-refractivity contribution < 1.29 is 14.6 Å². The zero-order valence-electron chi connectivity index (χ0n) is 10.6. The van der Waals surface area contributed by atoms with Gasteiger partial charge in [0.1, 0.15) is 0 Å².